The Kier molecular flexibility index (Phi) is 2.36. The minimum atomic E-state index is -0.354. The summed E-state index contributed by atoms with van der Waals surface area (Å²) in [4.78, 5) is 13.8. The maximum absolute atomic E-state index is 5.01. The van der Waals surface area contributed by atoms with Crippen LogP contribution in [-0.2, 0) is 11.3 Å². The van der Waals surface area contributed by atoms with Crippen LogP contribution in [-0.4, -0.2) is 11.4 Å². The van der Waals surface area contributed by atoms with Gasteiger partial charge >= 0.3 is 0 Å². The molecule has 1 aliphatic heterocycles. The first-order valence-electron chi connectivity index (χ1n) is 3.88. The van der Waals surface area contributed by atoms with Crippen molar-refractivity contribution in [2.75, 3.05) is 0 Å². The topological polar surface area (TPSA) is 30.8 Å². The molecule has 2 rings (SSSR count). The highest BCUT2D eigenvalue weighted by molar-refractivity contribution is 7.78. The number of nitrogens with zero attached hydrogens (tertiary/aromatic N) is 1. The molecule has 1 heterocycles. The minimum Gasteiger partial charge on any atom is -0.335 e. The number of aliphatic imine (C=N–C) groups is 1. The Labute approximate surface area is 80.9 Å². The summed E-state index contributed by atoms with van der Waals surface area (Å²) in [7, 11) is 0. The molecule has 1 aromatic carbocycles. The van der Waals surface area contributed by atoms with Crippen molar-refractivity contribution in [3.05, 3.63) is 29.8 Å². The number of fused-ring (bicyclic) bond motifs is 1. The Balaban J connectivity index is 2.24. The molecular formula is C9H7NO2S. The van der Waals surface area contributed by atoms with Crippen LogP contribution in [0.1, 0.15) is 5.56 Å². The number of benzene rings is 1. The lowest BCUT2D eigenvalue weighted by Gasteiger charge is -2.19. The molecule has 66 valence electrons. The van der Waals surface area contributed by atoms with E-state index < -0.39 is 0 Å². The van der Waals surface area contributed by atoms with Gasteiger partial charge in [-0.2, -0.15) is 9.88 Å². The van der Waals surface area contributed by atoms with Crippen molar-refractivity contribution in [1.29, 1.82) is 0 Å². The average molecular weight is 193 g/mol. The van der Waals surface area contributed by atoms with Gasteiger partial charge in [0.1, 0.15) is 0 Å². The molecule has 13 heavy (non-hydrogen) atoms. The van der Waals surface area contributed by atoms with E-state index in [2.05, 4.69) is 22.4 Å². The molecule has 0 spiro atoms. The van der Waals surface area contributed by atoms with Gasteiger partial charge in [0.2, 0.25) is 6.23 Å². The lowest BCUT2D eigenvalue weighted by atomic mass is 10.1. The van der Waals surface area contributed by atoms with E-state index >= 15 is 0 Å². The van der Waals surface area contributed by atoms with Crippen LogP contribution in [0.15, 0.2) is 29.3 Å². The smallest absolute Gasteiger partial charge is 0.207 e. The monoisotopic (exact) mass is 193 g/mol. The maximum atomic E-state index is 5.01. The number of thiocarbonyl (C=S) groups is 1. The first-order chi connectivity index (χ1) is 6.40. The van der Waals surface area contributed by atoms with Gasteiger partial charge in [0.25, 0.3) is 0 Å². The van der Waals surface area contributed by atoms with Crippen LogP contribution >= 0.6 is 12.2 Å². The number of hydrogen-bond donors (Lipinski definition) is 0. The highest BCUT2D eigenvalue weighted by Crippen LogP contribution is 2.25. The molecule has 0 saturated carbocycles. The molecule has 0 N–H and O–H groups in total. The zero-order chi connectivity index (χ0) is 9.10. The first kappa shape index (κ1) is 8.38. The van der Waals surface area contributed by atoms with Crippen molar-refractivity contribution in [3.63, 3.8) is 0 Å². The second kappa shape index (κ2) is 3.66. The highest BCUT2D eigenvalue weighted by Gasteiger charge is 2.19. The average Bonchev–Trinajstić information content (AvgIpc) is 2.18. The molecule has 0 amide bonds. The molecule has 0 aliphatic carbocycles. The molecule has 1 atom stereocenters. The fourth-order valence-corrected chi connectivity index (χ4v) is 1.33. The molecule has 1 aliphatic rings. The molecule has 0 radical (unpaired) electrons. The van der Waals surface area contributed by atoms with E-state index in [0.29, 0.717) is 6.42 Å². The third-order valence-corrected chi connectivity index (χ3v) is 1.92. The molecule has 3 nitrogen and oxygen atoms in total. The number of hydrogen-bond acceptors (Lipinski definition) is 4. The lowest BCUT2D eigenvalue weighted by molar-refractivity contribution is -0.251. The number of isothiocyanates is 1. The van der Waals surface area contributed by atoms with Crippen molar-refractivity contribution in [2.24, 2.45) is 4.99 Å². The summed E-state index contributed by atoms with van der Waals surface area (Å²) >= 11 is 4.48. The third kappa shape index (κ3) is 1.75. The van der Waals surface area contributed by atoms with E-state index in [1.807, 2.05) is 24.3 Å². The molecular weight excluding hydrogens is 186 g/mol. The van der Waals surface area contributed by atoms with Crippen LogP contribution in [0.25, 0.3) is 0 Å². The SMILES string of the molecule is S=C=NC1Cc2ccccc2OO1. The van der Waals surface area contributed by atoms with Gasteiger partial charge in [0.05, 0.1) is 5.16 Å². The van der Waals surface area contributed by atoms with E-state index in [9.17, 15) is 0 Å². The maximum Gasteiger partial charge on any atom is 0.207 e. The van der Waals surface area contributed by atoms with E-state index in [4.69, 9.17) is 9.78 Å². The predicted molar refractivity (Wildman–Crippen MR) is 50.7 cm³/mol. The largest absolute Gasteiger partial charge is 0.335 e. The quantitative estimate of drug-likeness (QED) is 0.388. The fraction of sp³-hybridized carbons (Fsp3) is 0.222. The second-order valence-corrected chi connectivity index (χ2v) is 2.85. The van der Waals surface area contributed by atoms with Gasteiger partial charge in [-0.25, -0.2) is 0 Å². The van der Waals surface area contributed by atoms with Crippen LogP contribution in [0.4, 0.5) is 0 Å². The van der Waals surface area contributed by atoms with Gasteiger partial charge in [-0.1, -0.05) is 18.2 Å². The Morgan fingerprint density at radius 2 is 2.31 bits per heavy atom. The van der Waals surface area contributed by atoms with Crippen LogP contribution in [0.2, 0.25) is 0 Å². The standard InChI is InChI=1S/C9H7NO2S/c13-6-10-9-5-7-3-1-2-4-8(7)11-12-9/h1-4,9H,5H2. The van der Waals surface area contributed by atoms with Gasteiger partial charge in [0.15, 0.2) is 5.75 Å². The number of rotatable bonds is 1. The van der Waals surface area contributed by atoms with Gasteiger partial charge in [0, 0.05) is 12.0 Å². The van der Waals surface area contributed by atoms with Gasteiger partial charge < -0.3 is 4.89 Å². The minimum absolute atomic E-state index is 0.354. The Morgan fingerprint density at radius 3 is 3.15 bits per heavy atom. The zero-order valence-electron chi connectivity index (χ0n) is 6.77. The van der Waals surface area contributed by atoms with Gasteiger partial charge in [-0.05, 0) is 18.3 Å². The van der Waals surface area contributed by atoms with Crippen LogP contribution in [0.5, 0.6) is 5.75 Å². The van der Waals surface area contributed by atoms with Crippen molar-refractivity contribution in [2.45, 2.75) is 12.6 Å². The molecule has 4 heteroatoms. The molecule has 0 aromatic heterocycles. The lowest BCUT2D eigenvalue weighted by Crippen LogP contribution is -2.21. The third-order valence-electron chi connectivity index (χ3n) is 1.81. The number of para-hydroxylation sites is 1. The molecule has 0 saturated heterocycles. The Hall–Kier alpha value is -1.22. The molecule has 1 aromatic rings. The van der Waals surface area contributed by atoms with Crippen LogP contribution < -0.4 is 4.89 Å². The Morgan fingerprint density at radius 1 is 1.46 bits per heavy atom. The van der Waals surface area contributed by atoms with E-state index in [0.717, 1.165) is 11.3 Å². The van der Waals surface area contributed by atoms with Crippen molar-refractivity contribution >= 4 is 17.4 Å². The second-order valence-electron chi connectivity index (χ2n) is 2.67. The normalized spacial score (nSPS) is 19.5. The predicted octanol–water partition coefficient (Wildman–Crippen LogP) is 1.98. The summed E-state index contributed by atoms with van der Waals surface area (Å²) in [6.45, 7) is 0. The summed E-state index contributed by atoms with van der Waals surface area (Å²) in [6, 6.07) is 7.67. The summed E-state index contributed by atoms with van der Waals surface area (Å²) in [5, 5.41) is 2.27. The Bertz CT molecular complexity index is 360. The van der Waals surface area contributed by atoms with E-state index in [-0.39, 0.29) is 6.23 Å². The fourth-order valence-electron chi connectivity index (χ4n) is 1.21. The van der Waals surface area contributed by atoms with Gasteiger partial charge in [-0.3, -0.25) is 0 Å². The molecule has 0 fully saturated rings. The highest BCUT2D eigenvalue weighted by atomic mass is 32.1. The zero-order valence-corrected chi connectivity index (χ0v) is 7.58. The van der Waals surface area contributed by atoms with Crippen molar-refractivity contribution in [3.8, 4) is 5.75 Å². The summed E-state index contributed by atoms with van der Waals surface area (Å²) in [6.07, 6.45) is 0.326. The molecule has 1 unspecified atom stereocenters. The van der Waals surface area contributed by atoms with Crippen molar-refractivity contribution in [1.82, 2.24) is 0 Å². The summed E-state index contributed by atoms with van der Waals surface area (Å²) in [5.74, 6) is 0.748. The van der Waals surface area contributed by atoms with Crippen molar-refractivity contribution < 1.29 is 9.78 Å². The van der Waals surface area contributed by atoms with Crippen LogP contribution in [0, 0.1) is 0 Å². The summed E-state index contributed by atoms with van der Waals surface area (Å²) in [5.41, 5.74) is 1.08. The van der Waals surface area contributed by atoms with Gasteiger partial charge in [-0.15, -0.1) is 0 Å². The first-order valence-corrected chi connectivity index (χ1v) is 4.29. The van der Waals surface area contributed by atoms with E-state index in [1.54, 1.807) is 0 Å². The molecule has 0 bridgehead atoms. The summed E-state index contributed by atoms with van der Waals surface area (Å²) < 4.78 is 0. The van der Waals surface area contributed by atoms with E-state index in [1.165, 1.54) is 0 Å². The van der Waals surface area contributed by atoms with Crippen LogP contribution in [0.3, 0.4) is 0 Å².